The van der Waals surface area contributed by atoms with E-state index in [2.05, 4.69) is 20.9 Å². The Morgan fingerprint density at radius 1 is 0.857 bits per heavy atom. The number of ether oxygens (including phenoxy) is 3. The average Bonchev–Trinajstić information content (AvgIpc) is 3.56. The highest BCUT2D eigenvalue weighted by Gasteiger charge is 2.33. The van der Waals surface area contributed by atoms with Crippen molar-refractivity contribution >= 4 is 23.6 Å². The van der Waals surface area contributed by atoms with E-state index in [9.17, 15) is 24.3 Å². The first-order valence-corrected chi connectivity index (χ1v) is 16.4. The van der Waals surface area contributed by atoms with Gasteiger partial charge in [0.2, 0.25) is 24.5 Å². The number of nitrogens with zero attached hydrogens (tertiary/aromatic N) is 2. The van der Waals surface area contributed by atoms with Crippen LogP contribution in [0.4, 0.5) is 0 Å². The highest BCUT2D eigenvalue weighted by molar-refractivity contribution is 6.00. The SMILES string of the molecule is CC(C)[C@@H]1NC(=O)c2cc(ccc2O)Oc2ccc(cc2)C[C@H](C(=O)N2CCN(Cc3ccc4c(c3)OCO4)CC2)NC(=O)[C@H](C)NC1=O. The second-order valence-electron chi connectivity index (χ2n) is 12.9. The van der Waals surface area contributed by atoms with Gasteiger partial charge in [-0.25, -0.2) is 0 Å². The van der Waals surface area contributed by atoms with E-state index in [1.807, 2.05) is 18.2 Å². The second-order valence-corrected chi connectivity index (χ2v) is 12.9. The molecule has 0 spiro atoms. The van der Waals surface area contributed by atoms with E-state index in [-0.39, 0.29) is 36.4 Å². The molecule has 0 radical (unpaired) electrons. The number of rotatable bonds is 4. The van der Waals surface area contributed by atoms with Crippen molar-refractivity contribution in [2.75, 3.05) is 33.0 Å². The number of hydrogen-bond acceptors (Lipinski definition) is 9. The summed E-state index contributed by atoms with van der Waals surface area (Å²) in [5.74, 6) is -0.357. The molecule has 4 heterocycles. The zero-order valence-corrected chi connectivity index (χ0v) is 27.7. The lowest BCUT2D eigenvalue weighted by molar-refractivity contribution is -0.138. The van der Waals surface area contributed by atoms with Crippen LogP contribution in [0.15, 0.2) is 60.7 Å². The third kappa shape index (κ3) is 7.89. The molecule has 258 valence electrons. The fourth-order valence-electron chi connectivity index (χ4n) is 6.09. The Kier molecular flexibility index (Phi) is 9.90. The summed E-state index contributed by atoms with van der Waals surface area (Å²) in [6, 6.07) is 14.4. The van der Waals surface area contributed by atoms with E-state index in [0.29, 0.717) is 44.2 Å². The monoisotopic (exact) mass is 671 g/mol. The average molecular weight is 672 g/mol. The molecule has 4 bridgehead atoms. The van der Waals surface area contributed by atoms with Gasteiger partial charge in [-0.05, 0) is 66.4 Å². The lowest BCUT2D eigenvalue weighted by Gasteiger charge is -2.37. The van der Waals surface area contributed by atoms with Crippen LogP contribution in [0.2, 0.25) is 0 Å². The molecule has 3 aromatic rings. The molecule has 4 amide bonds. The normalized spacial score (nSPS) is 21.7. The topological polar surface area (TPSA) is 159 Å². The highest BCUT2D eigenvalue weighted by atomic mass is 16.7. The molecule has 13 nitrogen and oxygen atoms in total. The summed E-state index contributed by atoms with van der Waals surface area (Å²) in [7, 11) is 0. The Balaban J connectivity index is 1.19. The molecule has 3 aromatic carbocycles. The molecular weight excluding hydrogens is 630 g/mol. The van der Waals surface area contributed by atoms with Crippen LogP contribution in [-0.4, -0.2) is 89.6 Å². The zero-order chi connectivity index (χ0) is 34.7. The summed E-state index contributed by atoms with van der Waals surface area (Å²) in [5, 5.41) is 18.6. The van der Waals surface area contributed by atoms with E-state index in [4.69, 9.17) is 14.2 Å². The Morgan fingerprint density at radius 3 is 2.31 bits per heavy atom. The van der Waals surface area contributed by atoms with Crippen LogP contribution < -0.4 is 30.2 Å². The molecule has 0 unspecified atom stereocenters. The number of piperazine rings is 1. The Labute approximate surface area is 284 Å². The van der Waals surface area contributed by atoms with Gasteiger partial charge in [0.25, 0.3) is 5.91 Å². The standard InChI is InChI=1S/C36H41N5O8/c1-21(2)32-35(45)37-22(3)33(43)38-28(16-23-4-7-25(8-5-23)49-26-9-10-29(42)27(18-26)34(44)39-32)36(46)41-14-12-40(13-15-41)19-24-6-11-30-31(17-24)48-20-47-30/h4-11,17-18,21-22,28,32,42H,12-16,19-20H2,1-3H3,(H,37,45)(H,38,43)(H,39,44)/t22-,28+,32-/m0/s1. The van der Waals surface area contributed by atoms with Gasteiger partial charge >= 0.3 is 0 Å². The number of phenolic OH excluding ortho intramolecular Hbond substituents is 1. The van der Waals surface area contributed by atoms with E-state index in [1.165, 1.54) is 25.1 Å². The molecule has 0 saturated carbocycles. The summed E-state index contributed by atoms with van der Waals surface area (Å²) in [5.41, 5.74) is 1.82. The van der Waals surface area contributed by atoms with Crippen molar-refractivity contribution in [1.29, 1.82) is 0 Å². The van der Waals surface area contributed by atoms with Crippen molar-refractivity contribution in [3.63, 3.8) is 0 Å². The van der Waals surface area contributed by atoms with Gasteiger partial charge in [0.15, 0.2) is 11.5 Å². The summed E-state index contributed by atoms with van der Waals surface area (Å²) in [6.07, 6.45) is 0.219. The lowest BCUT2D eigenvalue weighted by Crippen LogP contribution is -2.59. The molecule has 7 rings (SSSR count). The number of hydrogen-bond donors (Lipinski definition) is 4. The van der Waals surface area contributed by atoms with Gasteiger partial charge in [-0.2, -0.15) is 0 Å². The number of aromatic hydroxyl groups is 1. The van der Waals surface area contributed by atoms with E-state index < -0.39 is 35.8 Å². The van der Waals surface area contributed by atoms with Crippen molar-refractivity contribution in [3.05, 3.63) is 77.4 Å². The van der Waals surface area contributed by atoms with Gasteiger partial charge in [0, 0.05) is 39.1 Å². The molecule has 13 heteroatoms. The summed E-state index contributed by atoms with van der Waals surface area (Å²) in [6.45, 7) is 8.24. The Hall–Kier alpha value is -5.30. The lowest BCUT2D eigenvalue weighted by atomic mass is 10.0. The minimum absolute atomic E-state index is 0.0606. The number of carbonyl (C=O) groups excluding carboxylic acids is 4. The summed E-state index contributed by atoms with van der Waals surface area (Å²) >= 11 is 0. The number of carbonyl (C=O) groups is 4. The van der Waals surface area contributed by atoms with Crippen molar-refractivity contribution in [3.8, 4) is 28.7 Å². The maximum absolute atomic E-state index is 14.0. The maximum atomic E-state index is 14.0. The fourth-order valence-corrected chi connectivity index (χ4v) is 6.09. The van der Waals surface area contributed by atoms with Crippen molar-refractivity contribution in [2.24, 2.45) is 5.92 Å². The third-order valence-corrected chi connectivity index (χ3v) is 8.94. The van der Waals surface area contributed by atoms with Crippen molar-refractivity contribution < 1.29 is 38.5 Å². The Bertz CT molecular complexity index is 1720. The molecule has 4 aliphatic heterocycles. The smallest absolute Gasteiger partial charge is 0.255 e. The minimum atomic E-state index is -1.01. The number of amides is 4. The first-order chi connectivity index (χ1) is 23.5. The van der Waals surface area contributed by atoms with Crippen LogP contribution in [0.3, 0.4) is 0 Å². The molecule has 4 aliphatic rings. The van der Waals surface area contributed by atoms with Crippen LogP contribution in [0.5, 0.6) is 28.7 Å². The molecule has 0 aliphatic carbocycles. The molecule has 3 atom stereocenters. The van der Waals surface area contributed by atoms with Gasteiger partial charge < -0.3 is 40.2 Å². The van der Waals surface area contributed by atoms with Crippen LogP contribution in [0.25, 0.3) is 0 Å². The summed E-state index contributed by atoms with van der Waals surface area (Å²) < 4.78 is 16.9. The molecule has 1 fully saturated rings. The van der Waals surface area contributed by atoms with Gasteiger partial charge in [-0.3, -0.25) is 24.1 Å². The molecule has 0 aromatic heterocycles. The van der Waals surface area contributed by atoms with Crippen LogP contribution >= 0.6 is 0 Å². The maximum Gasteiger partial charge on any atom is 0.255 e. The largest absolute Gasteiger partial charge is 0.507 e. The number of nitrogens with one attached hydrogen (secondary N) is 3. The van der Waals surface area contributed by atoms with Crippen molar-refractivity contribution in [2.45, 2.75) is 51.9 Å². The van der Waals surface area contributed by atoms with Crippen LogP contribution in [-0.2, 0) is 27.3 Å². The fraction of sp³-hybridized carbons (Fsp3) is 0.389. The first kappa shape index (κ1) is 33.6. The zero-order valence-electron chi connectivity index (χ0n) is 27.7. The molecule has 4 N–H and O–H groups in total. The quantitative estimate of drug-likeness (QED) is 0.306. The Morgan fingerprint density at radius 2 is 1.57 bits per heavy atom. The molecular formula is C36H41N5O8. The number of phenols is 1. The molecule has 49 heavy (non-hydrogen) atoms. The summed E-state index contributed by atoms with van der Waals surface area (Å²) in [4.78, 5) is 58.0. The van der Waals surface area contributed by atoms with Crippen LogP contribution in [0, 0.1) is 5.92 Å². The van der Waals surface area contributed by atoms with E-state index in [0.717, 1.165) is 22.6 Å². The van der Waals surface area contributed by atoms with Gasteiger partial charge in [-0.15, -0.1) is 0 Å². The van der Waals surface area contributed by atoms with E-state index >= 15 is 0 Å². The predicted molar refractivity (Wildman–Crippen MR) is 178 cm³/mol. The van der Waals surface area contributed by atoms with E-state index in [1.54, 1.807) is 43.0 Å². The van der Waals surface area contributed by atoms with Gasteiger partial charge in [-0.1, -0.05) is 32.0 Å². The third-order valence-electron chi connectivity index (χ3n) is 8.94. The second kappa shape index (κ2) is 14.4. The van der Waals surface area contributed by atoms with Gasteiger partial charge in [0.05, 0.1) is 5.56 Å². The first-order valence-electron chi connectivity index (χ1n) is 16.4. The predicted octanol–water partition coefficient (Wildman–Crippen LogP) is 2.56. The van der Waals surface area contributed by atoms with Crippen molar-refractivity contribution in [1.82, 2.24) is 25.8 Å². The molecule has 1 saturated heterocycles. The number of fused-ring (bicyclic) bond motifs is 12. The highest BCUT2D eigenvalue weighted by Crippen LogP contribution is 2.33. The minimum Gasteiger partial charge on any atom is -0.507 e. The number of benzene rings is 3. The van der Waals surface area contributed by atoms with Gasteiger partial charge in [0.1, 0.15) is 35.4 Å². The van der Waals surface area contributed by atoms with Crippen LogP contribution in [0.1, 0.15) is 42.3 Å².